The Hall–Kier alpha value is -2.98. The average molecular weight is 478 g/mol. The number of hydroxylamine groups is 2. The summed E-state index contributed by atoms with van der Waals surface area (Å²) in [5.41, 5.74) is -0.554. The third-order valence-electron chi connectivity index (χ3n) is 4.76. The number of imide groups is 1. The molecule has 2 aromatic carbocycles. The number of hydrogen-bond acceptors (Lipinski definition) is 8. The van der Waals surface area contributed by atoms with Gasteiger partial charge < -0.3 is 9.47 Å². The van der Waals surface area contributed by atoms with E-state index in [-0.39, 0.29) is 21.9 Å². The van der Waals surface area contributed by atoms with Gasteiger partial charge in [-0.3, -0.25) is 9.59 Å². The van der Waals surface area contributed by atoms with Crippen molar-refractivity contribution in [3.05, 3.63) is 41.5 Å². The van der Waals surface area contributed by atoms with Crippen molar-refractivity contribution in [2.45, 2.75) is 58.7 Å². The zero-order valence-electron chi connectivity index (χ0n) is 19.2. The van der Waals surface area contributed by atoms with Gasteiger partial charge in [-0.15, -0.1) is 9.35 Å². The molecule has 0 aromatic heterocycles. The molecule has 1 atom stereocenters. The fourth-order valence-corrected chi connectivity index (χ4v) is 3.88. The summed E-state index contributed by atoms with van der Waals surface area (Å²) in [6.45, 7) is 7.26. The predicted octanol–water partition coefficient (Wildman–Crippen LogP) is 3.61. The summed E-state index contributed by atoms with van der Waals surface area (Å²) in [6, 6.07) is 7.77. The summed E-state index contributed by atoms with van der Waals surface area (Å²) in [4.78, 5) is 38.4. The lowest BCUT2D eigenvalue weighted by molar-refractivity contribution is -0.163. The molecule has 0 saturated heterocycles. The second-order valence-electron chi connectivity index (χ2n) is 8.84. The first kappa shape index (κ1) is 24.7. The molecule has 1 aliphatic heterocycles. The van der Waals surface area contributed by atoms with E-state index in [1.54, 1.807) is 39.0 Å². The highest BCUT2D eigenvalue weighted by molar-refractivity contribution is 7.85. The minimum Gasteiger partial charge on any atom is -0.479 e. The van der Waals surface area contributed by atoms with E-state index >= 15 is 0 Å². The summed E-state index contributed by atoms with van der Waals surface area (Å²) in [5, 5.41) is 1.10. The molecule has 9 nitrogen and oxygen atoms in total. The summed E-state index contributed by atoms with van der Waals surface area (Å²) in [7, 11) is -4.14. The van der Waals surface area contributed by atoms with Crippen LogP contribution in [0.4, 0.5) is 0 Å². The summed E-state index contributed by atoms with van der Waals surface area (Å²) in [6.07, 6.45) is 1.81. The molecule has 1 unspecified atom stereocenters. The first-order valence-electron chi connectivity index (χ1n) is 10.6. The summed E-state index contributed by atoms with van der Waals surface area (Å²) >= 11 is 0. The topological polar surface area (TPSA) is 116 Å². The van der Waals surface area contributed by atoms with E-state index in [0.29, 0.717) is 17.2 Å². The summed E-state index contributed by atoms with van der Waals surface area (Å²) in [5.74, 6) is -2.14. The molecule has 0 fully saturated rings. The molecule has 0 saturated carbocycles. The standard InChI is InChI=1S/C23H27NO8S/c1-6-7-11-18(22(27)31-23(2,3)4)30-15-12-14-9-8-10-16-19(14)17(13-15)21(26)24(20(16)25)32-33(5,28)29/h8-10,12-13,18H,6-7,11H2,1-5H3. The molecule has 1 heterocycles. The van der Waals surface area contributed by atoms with Crippen LogP contribution in [0.1, 0.15) is 67.7 Å². The van der Waals surface area contributed by atoms with Crippen molar-refractivity contribution in [3.63, 3.8) is 0 Å². The predicted molar refractivity (Wildman–Crippen MR) is 120 cm³/mol. The molecular formula is C23H27NO8S. The molecule has 0 bridgehead atoms. The Labute approximate surface area is 192 Å². The van der Waals surface area contributed by atoms with Gasteiger partial charge in [0.2, 0.25) is 0 Å². The highest BCUT2D eigenvalue weighted by Gasteiger charge is 2.37. The van der Waals surface area contributed by atoms with Gasteiger partial charge in [0.05, 0.1) is 17.4 Å². The van der Waals surface area contributed by atoms with Gasteiger partial charge >= 0.3 is 5.97 Å². The summed E-state index contributed by atoms with van der Waals surface area (Å²) < 4.78 is 39.3. The van der Waals surface area contributed by atoms with Crippen molar-refractivity contribution in [3.8, 4) is 5.75 Å². The molecule has 10 heteroatoms. The number of esters is 1. The van der Waals surface area contributed by atoms with E-state index in [0.717, 1.165) is 19.1 Å². The van der Waals surface area contributed by atoms with Crippen molar-refractivity contribution in [2.75, 3.05) is 6.26 Å². The number of nitrogens with zero attached hydrogens (tertiary/aromatic N) is 1. The maximum Gasteiger partial charge on any atom is 0.347 e. The number of carbonyl (C=O) groups is 3. The average Bonchev–Trinajstić information content (AvgIpc) is 2.70. The number of benzene rings is 2. The highest BCUT2D eigenvalue weighted by atomic mass is 32.2. The number of ether oxygens (including phenoxy) is 2. The number of carbonyl (C=O) groups excluding carboxylic acids is 3. The molecule has 3 rings (SSSR count). The SMILES string of the molecule is CCCCC(Oc1cc2c3c(cccc3c1)C(=O)N(OS(C)(=O)=O)C2=O)C(=O)OC(C)(C)C. The largest absolute Gasteiger partial charge is 0.479 e. The minimum atomic E-state index is -4.14. The van der Waals surface area contributed by atoms with E-state index in [4.69, 9.17) is 9.47 Å². The maximum atomic E-state index is 13.0. The quantitative estimate of drug-likeness (QED) is 0.418. The van der Waals surface area contributed by atoms with Gasteiger partial charge in [0.1, 0.15) is 11.4 Å². The van der Waals surface area contributed by atoms with Crippen LogP contribution in [0, 0.1) is 0 Å². The van der Waals surface area contributed by atoms with E-state index in [1.165, 1.54) is 12.1 Å². The maximum absolute atomic E-state index is 13.0. The fourth-order valence-electron chi connectivity index (χ4n) is 3.48. The molecule has 33 heavy (non-hydrogen) atoms. The third kappa shape index (κ3) is 5.69. The molecule has 0 aliphatic carbocycles. The lowest BCUT2D eigenvalue weighted by atomic mass is 9.94. The molecule has 2 aromatic rings. The molecule has 0 N–H and O–H groups in total. The van der Waals surface area contributed by atoms with Crippen LogP contribution in [0.3, 0.4) is 0 Å². The van der Waals surface area contributed by atoms with E-state index in [9.17, 15) is 22.8 Å². The molecule has 2 amide bonds. The molecule has 0 radical (unpaired) electrons. The smallest absolute Gasteiger partial charge is 0.347 e. The lowest BCUT2D eigenvalue weighted by Crippen LogP contribution is -2.41. The van der Waals surface area contributed by atoms with Crippen LogP contribution in [0.15, 0.2) is 30.3 Å². The van der Waals surface area contributed by atoms with Gasteiger partial charge in [-0.25, -0.2) is 4.79 Å². The fraction of sp³-hybridized carbons (Fsp3) is 0.435. The number of unbranched alkanes of at least 4 members (excludes halogenated alkanes) is 1. The minimum absolute atomic E-state index is 0.0276. The monoisotopic (exact) mass is 477 g/mol. The highest BCUT2D eigenvalue weighted by Crippen LogP contribution is 2.34. The van der Waals surface area contributed by atoms with Crippen molar-refractivity contribution in [1.82, 2.24) is 5.06 Å². The Morgan fingerprint density at radius 1 is 1.09 bits per heavy atom. The number of rotatable bonds is 8. The van der Waals surface area contributed by atoms with E-state index < -0.39 is 39.6 Å². The Morgan fingerprint density at radius 2 is 1.76 bits per heavy atom. The van der Waals surface area contributed by atoms with Gasteiger partial charge in [-0.2, -0.15) is 8.42 Å². The van der Waals surface area contributed by atoms with E-state index in [2.05, 4.69) is 4.28 Å². The van der Waals surface area contributed by atoms with Crippen molar-refractivity contribution >= 4 is 38.7 Å². The van der Waals surface area contributed by atoms with Crippen LogP contribution < -0.4 is 4.74 Å². The van der Waals surface area contributed by atoms with Gasteiger partial charge in [0, 0.05) is 5.39 Å². The van der Waals surface area contributed by atoms with Gasteiger partial charge in [-0.1, -0.05) is 25.5 Å². The van der Waals surface area contributed by atoms with Gasteiger partial charge in [0.25, 0.3) is 21.9 Å². The zero-order chi connectivity index (χ0) is 24.6. The van der Waals surface area contributed by atoms with Crippen LogP contribution in [0.2, 0.25) is 0 Å². The van der Waals surface area contributed by atoms with Crippen molar-refractivity contribution in [2.24, 2.45) is 0 Å². The Bertz CT molecular complexity index is 1210. The second-order valence-corrected chi connectivity index (χ2v) is 10.4. The second kappa shape index (κ2) is 9.11. The van der Waals surface area contributed by atoms with Crippen LogP contribution >= 0.6 is 0 Å². The lowest BCUT2D eigenvalue weighted by Gasteiger charge is -2.27. The van der Waals surface area contributed by atoms with Gasteiger partial charge in [-0.05, 0) is 57.2 Å². The van der Waals surface area contributed by atoms with E-state index in [1.807, 2.05) is 6.92 Å². The first-order valence-corrected chi connectivity index (χ1v) is 12.4. The van der Waals surface area contributed by atoms with Crippen LogP contribution in [0.5, 0.6) is 5.75 Å². The van der Waals surface area contributed by atoms with Crippen LogP contribution in [0.25, 0.3) is 10.8 Å². The number of amides is 2. The van der Waals surface area contributed by atoms with Crippen LogP contribution in [-0.2, 0) is 23.9 Å². The Balaban J connectivity index is 2.04. The van der Waals surface area contributed by atoms with Crippen molar-refractivity contribution < 1.29 is 36.6 Å². The molecular weight excluding hydrogens is 450 g/mol. The third-order valence-corrected chi connectivity index (χ3v) is 5.18. The molecule has 178 valence electrons. The van der Waals surface area contributed by atoms with Crippen LogP contribution in [-0.4, -0.2) is 49.2 Å². The first-order chi connectivity index (χ1) is 15.3. The Morgan fingerprint density at radius 3 is 2.36 bits per heavy atom. The van der Waals surface area contributed by atoms with Crippen molar-refractivity contribution in [1.29, 1.82) is 0 Å². The van der Waals surface area contributed by atoms with Gasteiger partial charge in [0.15, 0.2) is 6.10 Å². The Kier molecular flexibility index (Phi) is 6.80. The molecule has 1 aliphatic rings. The zero-order valence-corrected chi connectivity index (χ0v) is 20.0. The number of hydrogen-bond donors (Lipinski definition) is 0. The normalized spacial score (nSPS) is 15.0. The molecule has 0 spiro atoms.